The average molecular weight is 668 g/mol. The number of hydrogen-bond acceptors (Lipinski definition) is 7. The minimum Gasteiger partial charge on any atom is -0.507 e. The van der Waals surface area contributed by atoms with Crippen molar-refractivity contribution in [1.29, 1.82) is 0 Å². The molecule has 0 saturated heterocycles. The Kier molecular flexibility index (Phi) is 7.66. The smallest absolute Gasteiger partial charge is 0.342 e. The summed E-state index contributed by atoms with van der Waals surface area (Å²) < 4.78 is 39.8. The first-order chi connectivity index (χ1) is 19.6. The molecule has 0 saturated carbocycles. The van der Waals surface area contributed by atoms with Crippen LogP contribution >= 0.6 is 27.3 Å². The van der Waals surface area contributed by atoms with E-state index >= 15 is 0 Å². The third-order valence-corrected chi connectivity index (χ3v) is 10.6. The van der Waals surface area contributed by atoms with E-state index in [1.807, 2.05) is 38.1 Å². The van der Waals surface area contributed by atoms with Gasteiger partial charge in [-0.2, -0.15) is 8.42 Å². The van der Waals surface area contributed by atoms with E-state index in [0.29, 0.717) is 11.1 Å². The molecule has 0 unspecified atom stereocenters. The van der Waals surface area contributed by atoms with Crippen molar-refractivity contribution in [1.82, 2.24) is 0 Å². The molecule has 6 nitrogen and oxygen atoms in total. The number of hydrogen-bond donors (Lipinski definition) is 1. The Hall–Kier alpha value is -3.40. The molecule has 5 aromatic rings. The highest BCUT2D eigenvalue weighted by molar-refractivity contribution is 9.11. The van der Waals surface area contributed by atoms with Crippen molar-refractivity contribution in [3.8, 4) is 22.6 Å². The number of thiophene rings is 1. The van der Waals surface area contributed by atoms with E-state index in [0.717, 1.165) is 32.4 Å². The van der Waals surface area contributed by atoms with Crippen LogP contribution in [0.3, 0.4) is 0 Å². The summed E-state index contributed by atoms with van der Waals surface area (Å²) in [6.45, 7) is 13.0. The van der Waals surface area contributed by atoms with Crippen LogP contribution in [0.25, 0.3) is 32.0 Å². The number of halogens is 1. The fourth-order valence-corrected chi connectivity index (χ4v) is 8.06. The van der Waals surface area contributed by atoms with Gasteiger partial charge in [-0.25, -0.2) is 4.79 Å². The van der Waals surface area contributed by atoms with Gasteiger partial charge in [0.2, 0.25) is 0 Å². The molecule has 0 atom stereocenters. The van der Waals surface area contributed by atoms with Crippen LogP contribution in [0, 0.1) is 27.7 Å². The Balaban J connectivity index is 1.57. The molecule has 1 heterocycles. The van der Waals surface area contributed by atoms with Gasteiger partial charge in [-0.05, 0) is 127 Å². The maximum atomic E-state index is 13.3. The second-order valence-electron chi connectivity index (χ2n) is 11.4. The lowest BCUT2D eigenvalue weighted by Gasteiger charge is -2.20. The molecule has 9 heteroatoms. The lowest BCUT2D eigenvalue weighted by atomic mass is 9.91. The van der Waals surface area contributed by atoms with Crippen LogP contribution in [0.15, 0.2) is 64.0 Å². The van der Waals surface area contributed by atoms with Crippen molar-refractivity contribution in [2.75, 3.05) is 0 Å². The van der Waals surface area contributed by atoms with Crippen molar-refractivity contribution in [3.63, 3.8) is 0 Å². The number of fused-ring (bicyclic) bond motifs is 2. The monoisotopic (exact) mass is 666 g/mol. The van der Waals surface area contributed by atoms with Gasteiger partial charge in [0.25, 0.3) is 0 Å². The molecular formula is C33H31BrO6S2. The fourth-order valence-electron chi connectivity index (χ4n) is 5.09. The van der Waals surface area contributed by atoms with Crippen molar-refractivity contribution in [2.45, 2.75) is 59.0 Å². The number of benzene rings is 4. The number of rotatable bonds is 5. The number of carbonyl (C=O) groups is 1. The largest absolute Gasteiger partial charge is 0.507 e. The van der Waals surface area contributed by atoms with Crippen LogP contribution in [-0.4, -0.2) is 25.1 Å². The zero-order valence-corrected chi connectivity index (χ0v) is 27.6. The SMILES string of the molecule is Cc1cc(-c2c3ccccc3c(Br)c3sc(C)c(C)c23)cc(C)c1OS(=O)(=O)c1ccc(C(=O)OC(C)(C)C)c(O)c1. The highest BCUT2D eigenvalue weighted by Crippen LogP contribution is 2.48. The zero-order valence-electron chi connectivity index (χ0n) is 24.4. The lowest BCUT2D eigenvalue weighted by molar-refractivity contribution is 0.00666. The number of aryl methyl sites for hydroxylation is 4. The molecule has 5 rings (SSSR count). The Morgan fingerprint density at radius 3 is 2.14 bits per heavy atom. The van der Waals surface area contributed by atoms with Gasteiger partial charge in [-0.15, -0.1) is 11.3 Å². The Morgan fingerprint density at radius 1 is 0.929 bits per heavy atom. The van der Waals surface area contributed by atoms with Gasteiger partial charge >= 0.3 is 16.1 Å². The van der Waals surface area contributed by atoms with Crippen molar-refractivity contribution in [2.24, 2.45) is 0 Å². The topological polar surface area (TPSA) is 89.9 Å². The Bertz CT molecular complexity index is 1990. The molecule has 218 valence electrons. The third-order valence-electron chi connectivity index (χ3n) is 7.09. The first-order valence-corrected chi connectivity index (χ1v) is 16.3. The lowest BCUT2D eigenvalue weighted by Crippen LogP contribution is -2.24. The van der Waals surface area contributed by atoms with Crippen molar-refractivity contribution in [3.05, 3.63) is 86.2 Å². The molecule has 1 aromatic heterocycles. The molecule has 0 fully saturated rings. The van der Waals surface area contributed by atoms with Gasteiger partial charge in [0.1, 0.15) is 27.6 Å². The van der Waals surface area contributed by atoms with Gasteiger partial charge < -0.3 is 14.0 Å². The molecule has 4 aromatic carbocycles. The van der Waals surface area contributed by atoms with E-state index in [1.165, 1.54) is 32.7 Å². The molecule has 0 bridgehead atoms. The molecule has 42 heavy (non-hydrogen) atoms. The molecule has 0 amide bonds. The number of carbonyl (C=O) groups excluding carboxylic acids is 1. The van der Waals surface area contributed by atoms with Crippen molar-refractivity contribution >= 4 is 64.2 Å². The van der Waals surface area contributed by atoms with Crippen molar-refractivity contribution < 1.29 is 27.2 Å². The molecule has 0 aliphatic carbocycles. The quantitative estimate of drug-likeness (QED) is 0.149. The van der Waals surface area contributed by atoms with Crippen LogP contribution in [0.2, 0.25) is 0 Å². The molecule has 0 spiro atoms. The normalized spacial score (nSPS) is 12.2. The van der Waals surface area contributed by atoms with Gasteiger partial charge in [0, 0.05) is 20.8 Å². The van der Waals surface area contributed by atoms with Crippen LogP contribution in [0.5, 0.6) is 11.5 Å². The molecular weight excluding hydrogens is 636 g/mol. The second-order valence-corrected chi connectivity index (χ2v) is 14.9. The summed E-state index contributed by atoms with van der Waals surface area (Å²) in [6, 6.07) is 15.6. The van der Waals surface area contributed by atoms with Crippen LogP contribution in [-0.2, 0) is 14.9 Å². The van der Waals surface area contributed by atoms with Crippen LogP contribution < -0.4 is 4.18 Å². The highest BCUT2D eigenvalue weighted by Gasteiger charge is 2.26. The molecule has 0 aliphatic rings. The van der Waals surface area contributed by atoms with E-state index < -0.39 is 27.4 Å². The standard InChI is InChI=1S/C33H31BrO6S2/c1-17-14-21(28-23-10-8-9-11-24(23)29(34)31-27(28)19(3)20(4)41-31)15-18(2)30(17)40-42(37,38)22-12-13-25(26(35)16-22)32(36)39-33(5,6)7/h8-16,35H,1-7H3. The summed E-state index contributed by atoms with van der Waals surface area (Å²) in [6.07, 6.45) is 0. The summed E-state index contributed by atoms with van der Waals surface area (Å²) in [7, 11) is -4.33. The number of esters is 1. The minimum atomic E-state index is -4.33. The summed E-state index contributed by atoms with van der Waals surface area (Å²) >= 11 is 5.59. The van der Waals surface area contributed by atoms with E-state index in [4.69, 9.17) is 8.92 Å². The van der Waals surface area contributed by atoms with Crippen LogP contribution in [0.1, 0.15) is 52.7 Å². The summed E-state index contributed by atoms with van der Waals surface area (Å²) in [5.74, 6) is -1.05. The number of phenols is 1. The fraction of sp³-hybridized carbons (Fsp3) is 0.242. The number of aromatic hydroxyl groups is 1. The molecule has 0 aliphatic heterocycles. The highest BCUT2D eigenvalue weighted by atomic mass is 79.9. The maximum absolute atomic E-state index is 13.3. The van der Waals surface area contributed by atoms with Gasteiger partial charge in [0.05, 0.1) is 4.70 Å². The summed E-state index contributed by atoms with van der Waals surface area (Å²) in [5, 5.41) is 13.8. The van der Waals surface area contributed by atoms with Gasteiger partial charge in [0.15, 0.2) is 0 Å². The van der Waals surface area contributed by atoms with Gasteiger partial charge in [-0.1, -0.05) is 24.3 Å². The zero-order chi connectivity index (χ0) is 30.7. The first-order valence-electron chi connectivity index (χ1n) is 13.3. The predicted octanol–water partition coefficient (Wildman–Crippen LogP) is 9.15. The van der Waals surface area contributed by atoms with Crippen LogP contribution in [0.4, 0.5) is 0 Å². The molecule has 1 N–H and O–H groups in total. The summed E-state index contributed by atoms with van der Waals surface area (Å²) in [4.78, 5) is 13.4. The maximum Gasteiger partial charge on any atom is 0.342 e. The predicted molar refractivity (Wildman–Crippen MR) is 173 cm³/mol. The van der Waals surface area contributed by atoms with E-state index in [-0.39, 0.29) is 16.2 Å². The molecule has 0 radical (unpaired) electrons. The average Bonchev–Trinajstić information content (AvgIpc) is 3.19. The second kappa shape index (κ2) is 10.7. The number of phenolic OH excluding ortho intramolecular Hbond substituents is 1. The Labute approximate surface area is 258 Å². The van der Waals surface area contributed by atoms with E-state index in [9.17, 15) is 18.3 Å². The minimum absolute atomic E-state index is 0.132. The third kappa shape index (κ3) is 5.41. The van der Waals surface area contributed by atoms with Gasteiger partial charge in [-0.3, -0.25) is 0 Å². The Morgan fingerprint density at radius 2 is 1.55 bits per heavy atom. The van der Waals surface area contributed by atoms with E-state index in [2.05, 4.69) is 41.9 Å². The number of ether oxygens (including phenoxy) is 1. The first kappa shape index (κ1) is 30.1. The summed E-state index contributed by atoms with van der Waals surface area (Å²) in [5.41, 5.74) is 3.66. The van der Waals surface area contributed by atoms with E-state index in [1.54, 1.807) is 32.1 Å².